The highest BCUT2D eigenvalue weighted by Gasteiger charge is 2.06. The molecule has 4 nitrogen and oxygen atoms in total. The molecule has 17 heavy (non-hydrogen) atoms. The van der Waals surface area contributed by atoms with Crippen molar-refractivity contribution < 1.29 is 4.74 Å². The first-order valence-corrected chi connectivity index (χ1v) is 5.90. The Morgan fingerprint density at radius 3 is 2.82 bits per heavy atom. The van der Waals surface area contributed by atoms with Crippen LogP contribution in [0.5, 0.6) is 5.88 Å². The highest BCUT2D eigenvalue weighted by molar-refractivity contribution is 5.34. The van der Waals surface area contributed by atoms with Crippen molar-refractivity contribution in [2.24, 2.45) is 0 Å². The second-order valence-electron chi connectivity index (χ2n) is 3.79. The number of anilines is 1. The van der Waals surface area contributed by atoms with E-state index in [4.69, 9.17) is 11.2 Å². The lowest BCUT2D eigenvalue weighted by Crippen LogP contribution is -2.18. The molecule has 1 atom stereocenters. The Kier molecular flexibility index (Phi) is 5.28. The first-order chi connectivity index (χ1) is 8.19. The lowest BCUT2D eigenvalue weighted by Gasteiger charge is -2.12. The van der Waals surface area contributed by atoms with Crippen molar-refractivity contribution >= 4 is 5.95 Å². The van der Waals surface area contributed by atoms with Crippen molar-refractivity contribution in [3.63, 3.8) is 0 Å². The van der Waals surface area contributed by atoms with Crippen LogP contribution in [0.15, 0.2) is 6.07 Å². The number of rotatable bonds is 6. The van der Waals surface area contributed by atoms with Crippen molar-refractivity contribution in [2.75, 3.05) is 11.9 Å². The molecule has 1 heterocycles. The highest BCUT2D eigenvalue weighted by atomic mass is 16.5. The minimum absolute atomic E-state index is 0.0455. The zero-order chi connectivity index (χ0) is 12.7. The molecule has 4 heteroatoms. The molecule has 0 aliphatic rings. The van der Waals surface area contributed by atoms with E-state index in [2.05, 4.69) is 28.1 Å². The van der Waals surface area contributed by atoms with E-state index >= 15 is 0 Å². The third kappa shape index (κ3) is 4.31. The van der Waals surface area contributed by atoms with Crippen LogP contribution in [-0.4, -0.2) is 22.6 Å². The number of aryl methyl sites for hydroxylation is 1. The van der Waals surface area contributed by atoms with Gasteiger partial charge >= 0.3 is 0 Å². The fraction of sp³-hybridized carbons (Fsp3) is 0.538. The van der Waals surface area contributed by atoms with Crippen LogP contribution in [0.3, 0.4) is 0 Å². The van der Waals surface area contributed by atoms with Crippen LogP contribution in [0.25, 0.3) is 0 Å². The zero-order valence-electron chi connectivity index (χ0n) is 10.7. The summed E-state index contributed by atoms with van der Waals surface area (Å²) in [6.45, 7) is 6.63. The molecule has 0 spiro atoms. The molecule has 0 fully saturated rings. The summed E-state index contributed by atoms with van der Waals surface area (Å²) in [5.74, 6) is 3.77. The van der Waals surface area contributed by atoms with Gasteiger partial charge in [-0.2, -0.15) is 4.98 Å². The van der Waals surface area contributed by atoms with E-state index in [0.717, 1.165) is 18.5 Å². The van der Waals surface area contributed by atoms with Crippen LogP contribution in [-0.2, 0) is 0 Å². The van der Waals surface area contributed by atoms with Gasteiger partial charge in [-0.3, -0.25) is 0 Å². The number of aromatic nitrogens is 2. The van der Waals surface area contributed by atoms with Gasteiger partial charge < -0.3 is 10.1 Å². The number of ether oxygens (including phenoxy) is 1. The molecule has 0 amide bonds. The topological polar surface area (TPSA) is 47.0 Å². The predicted molar refractivity (Wildman–Crippen MR) is 69.1 cm³/mol. The van der Waals surface area contributed by atoms with Gasteiger partial charge in [-0.1, -0.05) is 19.8 Å². The van der Waals surface area contributed by atoms with E-state index in [1.54, 1.807) is 0 Å². The number of hydrogen-bond acceptors (Lipinski definition) is 4. The smallest absolute Gasteiger partial charge is 0.227 e. The van der Waals surface area contributed by atoms with Gasteiger partial charge in [-0.25, -0.2) is 4.98 Å². The van der Waals surface area contributed by atoms with Gasteiger partial charge in [0.25, 0.3) is 0 Å². The largest absolute Gasteiger partial charge is 0.478 e. The molecule has 1 N–H and O–H groups in total. The van der Waals surface area contributed by atoms with Crippen LogP contribution in [0, 0.1) is 19.3 Å². The molecule has 92 valence electrons. The molecular formula is C13H19N3O. The summed E-state index contributed by atoms with van der Waals surface area (Å²) in [7, 11) is 0. The summed E-state index contributed by atoms with van der Waals surface area (Å²) in [6.07, 6.45) is 7.17. The van der Waals surface area contributed by atoms with Crippen LogP contribution < -0.4 is 10.1 Å². The van der Waals surface area contributed by atoms with Crippen molar-refractivity contribution in [1.82, 2.24) is 9.97 Å². The summed E-state index contributed by atoms with van der Waals surface area (Å²) < 4.78 is 5.48. The fourth-order valence-corrected chi connectivity index (χ4v) is 1.30. The van der Waals surface area contributed by atoms with Gasteiger partial charge in [-0.15, -0.1) is 6.42 Å². The highest BCUT2D eigenvalue weighted by Crippen LogP contribution is 2.13. The van der Waals surface area contributed by atoms with Crippen molar-refractivity contribution in [3.05, 3.63) is 11.8 Å². The van der Waals surface area contributed by atoms with Crippen molar-refractivity contribution in [3.8, 4) is 18.2 Å². The maximum atomic E-state index is 5.48. The van der Waals surface area contributed by atoms with Gasteiger partial charge in [-0.05, 0) is 19.8 Å². The van der Waals surface area contributed by atoms with Crippen LogP contribution >= 0.6 is 0 Å². The molecule has 0 bridgehead atoms. The Labute approximate surface area is 103 Å². The molecule has 1 aromatic rings. The third-order valence-electron chi connectivity index (χ3n) is 2.20. The van der Waals surface area contributed by atoms with Gasteiger partial charge in [0.2, 0.25) is 11.8 Å². The van der Waals surface area contributed by atoms with Crippen LogP contribution in [0.1, 0.15) is 32.4 Å². The third-order valence-corrected chi connectivity index (χ3v) is 2.20. The standard InChI is InChI=1S/C13H19N3O/c1-5-8-17-12-9-10(4)14-13(16-12)15-11(6-2)7-3/h2,9,11H,5,7-8H2,1,3-4H3,(H,14,15,16). The molecule has 0 saturated carbocycles. The second-order valence-corrected chi connectivity index (χ2v) is 3.79. The number of terminal acetylenes is 1. The Hall–Kier alpha value is -1.76. The lowest BCUT2D eigenvalue weighted by molar-refractivity contribution is 0.305. The first-order valence-electron chi connectivity index (χ1n) is 5.90. The molecule has 0 aliphatic heterocycles. The van der Waals surface area contributed by atoms with E-state index < -0.39 is 0 Å². The summed E-state index contributed by atoms with van der Waals surface area (Å²) >= 11 is 0. The minimum Gasteiger partial charge on any atom is -0.478 e. The molecule has 0 aromatic carbocycles. The average molecular weight is 233 g/mol. The Balaban J connectivity index is 2.78. The lowest BCUT2D eigenvalue weighted by atomic mass is 10.2. The number of hydrogen-bond donors (Lipinski definition) is 1. The first kappa shape index (κ1) is 13.3. The quantitative estimate of drug-likeness (QED) is 0.766. The van der Waals surface area contributed by atoms with Crippen LogP contribution in [0.4, 0.5) is 5.95 Å². The average Bonchev–Trinajstić information content (AvgIpc) is 2.32. The number of nitrogens with one attached hydrogen (secondary N) is 1. The maximum Gasteiger partial charge on any atom is 0.227 e. The summed E-state index contributed by atoms with van der Waals surface area (Å²) in [5.41, 5.74) is 0.862. The van der Waals surface area contributed by atoms with Gasteiger partial charge in [0, 0.05) is 11.8 Å². The van der Waals surface area contributed by atoms with E-state index in [0.29, 0.717) is 18.4 Å². The summed E-state index contributed by atoms with van der Waals surface area (Å²) in [6, 6.07) is 1.77. The summed E-state index contributed by atoms with van der Waals surface area (Å²) in [5, 5.41) is 3.10. The van der Waals surface area contributed by atoms with Crippen LogP contribution in [0.2, 0.25) is 0 Å². The maximum absolute atomic E-state index is 5.48. The molecule has 0 radical (unpaired) electrons. The molecule has 1 rings (SSSR count). The number of nitrogens with zero attached hydrogens (tertiary/aromatic N) is 2. The molecule has 0 aliphatic carbocycles. The predicted octanol–water partition coefficient (Wildman–Crippen LogP) is 2.40. The van der Waals surface area contributed by atoms with Gasteiger partial charge in [0.1, 0.15) is 0 Å². The monoisotopic (exact) mass is 233 g/mol. The van der Waals surface area contributed by atoms with E-state index in [9.17, 15) is 0 Å². The van der Waals surface area contributed by atoms with E-state index in [1.165, 1.54) is 0 Å². The zero-order valence-corrected chi connectivity index (χ0v) is 10.7. The second kappa shape index (κ2) is 6.74. The molecule has 1 aromatic heterocycles. The Morgan fingerprint density at radius 1 is 1.47 bits per heavy atom. The SMILES string of the molecule is C#CC(CC)Nc1nc(C)cc(OCCC)n1. The molecule has 1 unspecified atom stereocenters. The summed E-state index contributed by atoms with van der Waals surface area (Å²) in [4.78, 5) is 8.55. The van der Waals surface area contributed by atoms with E-state index in [1.807, 2.05) is 19.9 Å². The Bertz CT molecular complexity index is 398. The fourth-order valence-electron chi connectivity index (χ4n) is 1.30. The Morgan fingerprint density at radius 2 is 2.24 bits per heavy atom. The minimum atomic E-state index is -0.0455. The normalized spacial score (nSPS) is 11.6. The molecule has 0 saturated heterocycles. The van der Waals surface area contributed by atoms with Crippen molar-refractivity contribution in [1.29, 1.82) is 0 Å². The van der Waals surface area contributed by atoms with Gasteiger partial charge in [0.15, 0.2) is 0 Å². The van der Waals surface area contributed by atoms with Crippen molar-refractivity contribution in [2.45, 2.75) is 39.7 Å². The van der Waals surface area contributed by atoms with E-state index in [-0.39, 0.29) is 6.04 Å². The van der Waals surface area contributed by atoms with Gasteiger partial charge in [0.05, 0.1) is 12.6 Å². The molecular weight excluding hydrogens is 214 g/mol.